The molecule has 0 aliphatic rings. The van der Waals surface area contributed by atoms with E-state index in [0.29, 0.717) is 33.3 Å². The summed E-state index contributed by atoms with van der Waals surface area (Å²) in [7, 11) is 1.54. The molecular weight excluding hydrogens is 474 g/mol. The van der Waals surface area contributed by atoms with Crippen molar-refractivity contribution < 1.29 is 14.3 Å². The number of ether oxygens (including phenoxy) is 2. The molecule has 1 amide bonds. The molecule has 0 saturated heterocycles. The first kappa shape index (κ1) is 21.6. The predicted molar refractivity (Wildman–Crippen MR) is 120 cm³/mol. The lowest BCUT2D eigenvalue weighted by molar-refractivity contribution is 0.102. The van der Waals surface area contributed by atoms with E-state index in [0.717, 1.165) is 16.5 Å². The maximum Gasteiger partial charge on any atom is 0.257 e. The van der Waals surface area contributed by atoms with Gasteiger partial charge >= 0.3 is 0 Å². The summed E-state index contributed by atoms with van der Waals surface area (Å²) >= 11 is 6.39. The zero-order chi connectivity index (χ0) is 20.6. The van der Waals surface area contributed by atoms with E-state index in [-0.39, 0.29) is 5.91 Å². The van der Waals surface area contributed by atoms with E-state index >= 15 is 0 Å². The highest BCUT2D eigenvalue weighted by atomic mass is 79.9. The molecule has 0 unspecified atom stereocenters. The zero-order valence-corrected chi connectivity index (χ0v) is 19.2. The second-order valence-electron chi connectivity index (χ2n) is 5.94. The van der Waals surface area contributed by atoms with E-state index in [1.54, 1.807) is 31.0 Å². The van der Waals surface area contributed by atoms with Crippen molar-refractivity contribution in [2.75, 3.05) is 19.0 Å². The van der Waals surface area contributed by atoms with E-state index in [1.807, 2.05) is 25.1 Å². The van der Waals surface area contributed by atoms with Crippen LogP contribution in [0, 0.1) is 0 Å². The molecule has 0 atom stereocenters. The summed E-state index contributed by atoms with van der Waals surface area (Å²) < 4.78 is 12.5. The number of carbonyl (C=O) groups excluding carboxylic acids is 1. The molecule has 0 aliphatic carbocycles. The van der Waals surface area contributed by atoms with Crippen molar-refractivity contribution in [2.24, 2.45) is 0 Å². The van der Waals surface area contributed by atoms with Crippen molar-refractivity contribution in [1.29, 1.82) is 0 Å². The quantitative estimate of drug-likeness (QED) is 0.307. The number of hydrogen-bond donors (Lipinski definition) is 1. The first-order valence-corrected chi connectivity index (χ1v) is 11.5. The Kier molecular flexibility index (Phi) is 7.91. The molecule has 0 aliphatic heterocycles. The lowest BCUT2D eigenvalue weighted by Gasteiger charge is -2.13. The number of halogens is 1. The van der Waals surface area contributed by atoms with Crippen molar-refractivity contribution in [2.45, 2.75) is 23.4 Å². The number of methoxy groups -OCH3 is 1. The number of aromatic nitrogens is 2. The smallest absolute Gasteiger partial charge is 0.257 e. The molecule has 0 saturated carbocycles. The lowest BCUT2D eigenvalue weighted by Crippen LogP contribution is -2.12. The molecule has 9 heteroatoms. The number of amides is 1. The summed E-state index contributed by atoms with van der Waals surface area (Å²) in [4.78, 5) is 12.7. The largest absolute Gasteiger partial charge is 0.493 e. The summed E-state index contributed by atoms with van der Waals surface area (Å²) in [5.41, 5.74) is 1.65. The fraction of sp³-hybridized carbons (Fsp3) is 0.250. The molecule has 152 valence electrons. The summed E-state index contributed by atoms with van der Waals surface area (Å²) in [6.45, 7) is 2.59. The molecule has 3 aromatic rings. The minimum atomic E-state index is -0.290. The summed E-state index contributed by atoms with van der Waals surface area (Å²) in [6, 6.07) is 13.5. The third-order valence-electron chi connectivity index (χ3n) is 3.77. The van der Waals surface area contributed by atoms with Gasteiger partial charge in [0.25, 0.3) is 5.91 Å². The number of carbonyl (C=O) groups is 1. The van der Waals surface area contributed by atoms with Crippen LogP contribution in [0.25, 0.3) is 0 Å². The Morgan fingerprint density at radius 2 is 2.03 bits per heavy atom. The zero-order valence-electron chi connectivity index (χ0n) is 16.0. The summed E-state index contributed by atoms with van der Waals surface area (Å²) in [6.07, 6.45) is 0.875. The Balaban J connectivity index is 1.65. The number of benzene rings is 2. The topological polar surface area (TPSA) is 73.3 Å². The Labute approximate surface area is 186 Å². The van der Waals surface area contributed by atoms with Crippen molar-refractivity contribution >= 4 is 50.1 Å². The van der Waals surface area contributed by atoms with E-state index < -0.39 is 0 Å². The second kappa shape index (κ2) is 10.6. The van der Waals surface area contributed by atoms with Crippen LogP contribution in [-0.4, -0.2) is 29.8 Å². The molecule has 1 aromatic heterocycles. The van der Waals surface area contributed by atoms with Crippen LogP contribution in [0.5, 0.6) is 11.5 Å². The van der Waals surface area contributed by atoms with Gasteiger partial charge in [-0.15, -0.1) is 10.2 Å². The van der Waals surface area contributed by atoms with Crippen LogP contribution >= 0.6 is 39.0 Å². The lowest BCUT2D eigenvalue weighted by atomic mass is 10.2. The van der Waals surface area contributed by atoms with Gasteiger partial charge in [-0.1, -0.05) is 60.4 Å². The fourth-order valence-corrected chi connectivity index (χ4v) is 4.66. The minimum absolute atomic E-state index is 0.290. The number of rotatable bonds is 9. The van der Waals surface area contributed by atoms with Crippen LogP contribution < -0.4 is 14.8 Å². The number of nitrogens with one attached hydrogen (secondary N) is 1. The Morgan fingerprint density at radius 1 is 1.24 bits per heavy atom. The second-order valence-corrected chi connectivity index (χ2v) is 8.99. The minimum Gasteiger partial charge on any atom is -0.493 e. The van der Waals surface area contributed by atoms with Gasteiger partial charge in [0.1, 0.15) is 0 Å². The maximum atomic E-state index is 12.7. The molecule has 0 bridgehead atoms. The Bertz CT molecular complexity index is 967. The van der Waals surface area contributed by atoms with Gasteiger partial charge < -0.3 is 9.47 Å². The Hall–Kier alpha value is -2.10. The van der Waals surface area contributed by atoms with Crippen molar-refractivity contribution in [3.05, 3.63) is 58.1 Å². The van der Waals surface area contributed by atoms with Crippen LogP contribution in [-0.2, 0) is 5.75 Å². The molecule has 1 heterocycles. The predicted octanol–water partition coefficient (Wildman–Crippen LogP) is 5.64. The fourth-order valence-electron chi connectivity index (χ4n) is 2.40. The normalized spacial score (nSPS) is 10.6. The number of nitrogens with zero attached hydrogens (tertiary/aromatic N) is 2. The third kappa shape index (κ3) is 5.94. The first-order chi connectivity index (χ1) is 14.1. The summed E-state index contributed by atoms with van der Waals surface area (Å²) in [5, 5.41) is 11.4. The van der Waals surface area contributed by atoms with Gasteiger partial charge in [-0.3, -0.25) is 10.1 Å². The highest BCUT2D eigenvalue weighted by Gasteiger charge is 2.17. The highest BCUT2D eigenvalue weighted by Crippen LogP contribution is 2.37. The monoisotopic (exact) mass is 493 g/mol. The van der Waals surface area contributed by atoms with Crippen LogP contribution in [0.4, 0.5) is 5.13 Å². The maximum absolute atomic E-state index is 12.7. The molecule has 29 heavy (non-hydrogen) atoms. The van der Waals surface area contributed by atoms with E-state index in [4.69, 9.17) is 9.47 Å². The molecule has 1 N–H and O–H groups in total. The van der Waals surface area contributed by atoms with Gasteiger partial charge in [-0.25, -0.2) is 0 Å². The summed E-state index contributed by atoms with van der Waals surface area (Å²) in [5.74, 6) is 1.59. The van der Waals surface area contributed by atoms with Gasteiger partial charge in [0.2, 0.25) is 5.13 Å². The first-order valence-electron chi connectivity index (χ1n) is 8.92. The van der Waals surface area contributed by atoms with Gasteiger partial charge in [0, 0.05) is 11.3 Å². The van der Waals surface area contributed by atoms with E-state index in [1.165, 1.54) is 16.9 Å². The third-order valence-corrected chi connectivity index (χ3v) is 6.41. The van der Waals surface area contributed by atoms with Gasteiger partial charge in [-0.2, -0.15) is 0 Å². The average Bonchev–Trinajstić information content (AvgIpc) is 3.18. The van der Waals surface area contributed by atoms with Crippen molar-refractivity contribution in [1.82, 2.24) is 10.2 Å². The molecule has 3 rings (SSSR count). The van der Waals surface area contributed by atoms with Crippen LogP contribution in [0.15, 0.2) is 51.3 Å². The standard InChI is InChI=1S/C20H20BrN3O3S2/c1-3-9-27-17-15(21)10-14(11-16(17)26-2)18(25)22-19-23-24-20(29-19)28-12-13-7-5-4-6-8-13/h4-8,10-11H,3,9,12H2,1-2H3,(H,22,23,25). The van der Waals surface area contributed by atoms with E-state index in [9.17, 15) is 4.79 Å². The molecule has 0 spiro atoms. The molecule has 2 aromatic carbocycles. The Morgan fingerprint density at radius 3 is 2.76 bits per heavy atom. The van der Waals surface area contributed by atoms with Crippen LogP contribution in [0.3, 0.4) is 0 Å². The highest BCUT2D eigenvalue weighted by molar-refractivity contribution is 9.10. The number of thioether (sulfide) groups is 1. The van der Waals surface area contributed by atoms with Crippen LogP contribution in [0.2, 0.25) is 0 Å². The molecule has 0 radical (unpaired) electrons. The van der Waals surface area contributed by atoms with E-state index in [2.05, 4.69) is 43.6 Å². The average molecular weight is 494 g/mol. The SMILES string of the molecule is CCCOc1c(Br)cc(C(=O)Nc2nnc(SCc3ccccc3)s2)cc1OC. The van der Waals surface area contributed by atoms with Gasteiger partial charge in [0.15, 0.2) is 15.8 Å². The van der Waals surface area contributed by atoms with Crippen molar-refractivity contribution in [3.8, 4) is 11.5 Å². The number of anilines is 1. The van der Waals surface area contributed by atoms with Gasteiger partial charge in [0.05, 0.1) is 18.2 Å². The number of hydrogen-bond acceptors (Lipinski definition) is 7. The van der Waals surface area contributed by atoms with Crippen LogP contribution in [0.1, 0.15) is 29.3 Å². The molecule has 0 fully saturated rings. The van der Waals surface area contributed by atoms with Gasteiger partial charge in [-0.05, 0) is 40.0 Å². The van der Waals surface area contributed by atoms with Crippen molar-refractivity contribution in [3.63, 3.8) is 0 Å². The molecular formula is C20H20BrN3O3S2. The molecule has 6 nitrogen and oxygen atoms in total.